The van der Waals surface area contributed by atoms with E-state index in [2.05, 4.69) is 35.1 Å². The maximum absolute atomic E-state index is 6.09. The summed E-state index contributed by atoms with van der Waals surface area (Å²) >= 11 is 9.48. The largest absolute Gasteiger partial charge is 0.310 e. The Morgan fingerprint density at radius 2 is 2.15 bits per heavy atom. The zero-order chi connectivity index (χ0) is 9.84. The molecule has 0 aliphatic rings. The first-order chi connectivity index (χ1) is 6.11. The molecule has 0 heterocycles. The summed E-state index contributed by atoms with van der Waals surface area (Å²) in [5, 5.41) is 4.13. The van der Waals surface area contributed by atoms with Gasteiger partial charge in [-0.15, -0.1) is 0 Å². The Bertz CT molecular complexity index is 286. The Morgan fingerprint density at radius 1 is 1.46 bits per heavy atom. The molecular formula is C10H13BrClN. The fourth-order valence-corrected chi connectivity index (χ4v) is 1.60. The van der Waals surface area contributed by atoms with Crippen molar-refractivity contribution in [3.8, 4) is 0 Å². The lowest BCUT2D eigenvalue weighted by molar-refractivity contribution is 0.589. The molecule has 0 amide bonds. The number of hydrogen-bond acceptors (Lipinski definition) is 1. The van der Waals surface area contributed by atoms with Gasteiger partial charge in [-0.25, -0.2) is 0 Å². The van der Waals surface area contributed by atoms with E-state index < -0.39 is 0 Å². The van der Waals surface area contributed by atoms with E-state index in [4.69, 9.17) is 11.6 Å². The monoisotopic (exact) mass is 261 g/mol. The highest BCUT2D eigenvalue weighted by Gasteiger charge is 2.03. The summed E-state index contributed by atoms with van der Waals surface area (Å²) in [6.07, 6.45) is 0. The second-order valence-electron chi connectivity index (χ2n) is 3.25. The SMILES string of the molecule is CC(C)NCc1cccc(Br)c1Cl. The summed E-state index contributed by atoms with van der Waals surface area (Å²) in [6, 6.07) is 6.45. The van der Waals surface area contributed by atoms with Gasteiger partial charge in [-0.2, -0.15) is 0 Å². The van der Waals surface area contributed by atoms with Crippen molar-refractivity contribution in [2.45, 2.75) is 26.4 Å². The van der Waals surface area contributed by atoms with E-state index in [0.717, 1.165) is 21.6 Å². The van der Waals surface area contributed by atoms with Gasteiger partial charge in [0.1, 0.15) is 0 Å². The van der Waals surface area contributed by atoms with Crippen molar-refractivity contribution >= 4 is 27.5 Å². The predicted octanol–water partition coefficient (Wildman–Crippen LogP) is 3.60. The van der Waals surface area contributed by atoms with Gasteiger partial charge in [0.05, 0.1) is 5.02 Å². The summed E-state index contributed by atoms with van der Waals surface area (Å²) in [5.74, 6) is 0. The quantitative estimate of drug-likeness (QED) is 0.878. The Labute approximate surface area is 92.6 Å². The van der Waals surface area contributed by atoms with E-state index in [1.807, 2.05) is 18.2 Å². The summed E-state index contributed by atoms with van der Waals surface area (Å²) in [5.41, 5.74) is 1.13. The van der Waals surface area contributed by atoms with Gasteiger partial charge in [-0.1, -0.05) is 37.6 Å². The van der Waals surface area contributed by atoms with Gasteiger partial charge in [0.2, 0.25) is 0 Å². The van der Waals surface area contributed by atoms with Crippen LogP contribution in [0.25, 0.3) is 0 Å². The zero-order valence-corrected chi connectivity index (χ0v) is 10.1. The first-order valence-electron chi connectivity index (χ1n) is 4.27. The fraction of sp³-hybridized carbons (Fsp3) is 0.400. The first-order valence-corrected chi connectivity index (χ1v) is 5.44. The molecule has 1 N–H and O–H groups in total. The second kappa shape index (κ2) is 4.99. The molecule has 0 saturated carbocycles. The normalized spacial score (nSPS) is 10.8. The van der Waals surface area contributed by atoms with Crippen molar-refractivity contribution in [3.63, 3.8) is 0 Å². The maximum atomic E-state index is 6.09. The second-order valence-corrected chi connectivity index (χ2v) is 4.48. The van der Waals surface area contributed by atoms with E-state index in [-0.39, 0.29) is 0 Å². The van der Waals surface area contributed by atoms with Crippen LogP contribution in [-0.2, 0) is 6.54 Å². The predicted molar refractivity (Wildman–Crippen MR) is 61.1 cm³/mol. The van der Waals surface area contributed by atoms with Crippen molar-refractivity contribution in [1.82, 2.24) is 5.32 Å². The minimum Gasteiger partial charge on any atom is -0.310 e. The summed E-state index contributed by atoms with van der Waals surface area (Å²) in [6.45, 7) is 5.05. The molecule has 0 saturated heterocycles. The van der Waals surface area contributed by atoms with E-state index in [1.54, 1.807) is 0 Å². The molecule has 1 rings (SSSR count). The van der Waals surface area contributed by atoms with Crippen LogP contribution >= 0.6 is 27.5 Å². The molecule has 0 bridgehead atoms. The molecule has 0 aliphatic carbocycles. The third-order valence-corrected chi connectivity index (χ3v) is 3.07. The van der Waals surface area contributed by atoms with Crippen LogP contribution in [0, 0.1) is 0 Å². The van der Waals surface area contributed by atoms with Crippen LogP contribution < -0.4 is 5.32 Å². The number of nitrogens with one attached hydrogen (secondary N) is 1. The molecule has 0 unspecified atom stereocenters. The van der Waals surface area contributed by atoms with Gasteiger partial charge >= 0.3 is 0 Å². The van der Waals surface area contributed by atoms with E-state index >= 15 is 0 Å². The van der Waals surface area contributed by atoms with Crippen molar-refractivity contribution in [2.24, 2.45) is 0 Å². The molecule has 0 radical (unpaired) electrons. The van der Waals surface area contributed by atoms with Crippen molar-refractivity contribution in [3.05, 3.63) is 33.3 Å². The van der Waals surface area contributed by atoms with Crippen molar-refractivity contribution in [1.29, 1.82) is 0 Å². The molecule has 0 aliphatic heterocycles. The highest BCUT2D eigenvalue weighted by atomic mass is 79.9. The number of benzene rings is 1. The van der Waals surface area contributed by atoms with Gasteiger partial charge in [0.25, 0.3) is 0 Å². The third-order valence-electron chi connectivity index (χ3n) is 1.73. The van der Waals surface area contributed by atoms with Crippen molar-refractivity contribution < 1.29 is 0 Å². The molecule has 72 valence electrons. The van der Waals surface area contributed by atoms with Gasteiger partial charge in [-0.05, 0) is 27.6 Å². The van der Waals surface area contributed by atoms with Crippen LogP contribution in [0.4, 0.5) is 0 Å². The standard InChI is InChI=1S/C10H13BrClN/c1-7(2)13-6-8-4-3-5-9(11)10(8)12/h3-5,7,13H,6H2,1-2H3. The molecule has 0 spiro atoms. The Kier molecular flexibility index (Phi) is 4.23. The third kappa shape index (κ3) is 3.29. The molecule has 1 aromatic rings. The Hall–Kier alpha value is -0.0500. The van der Waals surface area contributed by atoms with E-state index in [1.165, 1.54) is 0 Å². The van der Waals surface area contributed by atoms with Crippen molar-refractivity contribution in [2.75, 3.05) is 0 Å². The minimum absolute atomic E-state index is 0.482. The van der Waals surface area contributed by atoms with E-state index in [9.17, 15) is 0 Å². The smallest absolute Gasteiger partial charge is 0.0592 e. The maximum Gasteiger partial charge on any atom is 0.0592 e. The average molecular weight is 263 g/mol. The number of halogens is 2. The Morgan fingerprint density at radius 3 is 2.77 bits per heavy atom. The van der Waals surface area contributed by atoms with Crippen LogP contribution in [0.1, 0.15) is 19.4 Å². The van der Waals surface area contributed by atoms with Gasteiger partial charge in [0.15, 0.2) is 0 Å². The van der Waals surface area contributed by atoms with Crippen LogP contribution in [-0.4, -0.2) is 6.04 Å². The molecule has 0 aromatic heterocycles. The molecule has 13 heavy (non-hydrogen) atoms. The summed E-state index contributed by atoms with van der Waals surface area (Å²) < 4.78 is 0.956. The fourth-order valence-electron chi connectivity index (χ4n) is 0.999. The van der Waals surface area contributed by atoms with E-state index in [0.29, 0.717) is 6.04 Å². The van der Waals surface area contributed by atoms with Gasteiger partial charge in [-0.3, -0.25) is 0 Å². The molecule has 0 fully saturated rings. The highest BCUT2D eigenvalue weighted by Crippen LogP contribution is 2.25. The Balaban J connectivity index is 2.71. The molecular weight excluding hydrogens is 249 g/mol. The van der Waals surface area contributed by atoms with Crippen LogP contribution in [0.2, 0.25) is 5.02 Å². The van der Waals surface area contributed by atoms with Gasteiger partial charge < -0.3 is 5.32 Å². The molecule has 1 aromatic carbocycles. The lowest BCUT2D eigenvalue weighted by Crippen LogP contribution is -2.21. The first kappa shape index (κ1) is 11.0. The summed E-state index contributed by atoms with van der Waals surface area (Å²) in [7, 11) is 0. The van der Waals surface area contributed by atoms with Crippen LogP contribution in [0.3, 0.4) is 0 Å². The lowest BCUT2D eigenvalue weighted by Gasteiger charge is -2.09. The number of hydrogen-bond donors (Lipinski definition) is 1. The molecule has 0 atom stereocenters. The van der Waals surface area contributed by atoms with Crippen LogP contribution in [0.15, 0.2) is 22.7 Å². The topological polar surface area (TPSA) is 12.0 Å². The van der Waals surface area contributed by atoms with Gasteiger partial charge in [0, 0.05) is 17.1 Å². The average Bonchev–Trinajstić information content (AvgIpc) is 2.07. The zero-order valence-electron chi connectivity index (χ0n) is 7.77. The molecule has 3 heteroatoms. The number of rotatable bonds is 3. The van der Waals surface area contributed by atoms with Crippen LogP contribution in [0.5, 0.6) is 0 Å². The minimum atomic E-state index is 0.482. The summed E-state index contributed by atoms with van der Waals surface area (Å²) in [4.78, 5) is 0. The lowest BCUT2D eigenvalue weighted by atomic mass is 10.2. The molecule has 1 nitrogen and oxygen atoms in total. The highest BCUT2D eigenvalue weighted by molar-refractivity contribution is 9.10.